The van der Waals surface area contributed by atoms with Crippen molar-refractivity contribution >= 4 is 12.0 Å². The molecule has 0 saturated carbocycles. The first-order valence-electron chi connectivity index (χ1n) is 10.7. The average Bonchev–Trinajstić information content (AvgIpc) is 2.73. The van der Waals surface area contributed by atoms with Crippen molar-refractivity contribution in [3.63, 3.8) is 0 Å². The zero-order valence-electron chi connectivity index (χ0n) is 18.1. The molecule has 0 radical (unpaired) electrons. The monoisotopic (exact) mass is 390 g/mol. The number of benzene rings is 2. The van der Waals surface area contributed by atoms with E-state index in [4.69, 9.17) is 0 Å². The van der Waals surface area contributed by atoms with Gasteiger partial charge in [0.15, 0.2) is 0 Å². The molecule has 2 aromatic rings. The van der Waals surface area contributed by atoms with Crippen LogP contribution >= 0.6 is 0 Å². The largest absolute Gasteiger partial charge is 0.340 e. The number of nitrogens with zero attached hydrogens (tertiary/aromatic N) is 2. The van der Waals surface area contributed by atoms with E-state index in [2.05, 4.69) is 86.4 Å². The second-order valence-corrected chi connectivity index (χ2v) is 8.94. The normalized spacial score (nSPS) is 15.8. The summed E-state index contributed by atoms with van der Waals surface area (Å²) in [5, 5.41) is 0. The van der Waals surface area contributed by atoms with Crippen molar-refractivity contribution in [3.05, 3.63) is 77.4 Å². The van der Waals surface area contributed by atoms with Crippen LogP contribution in [0.15, 0.2) is 60.7 Å². The van der Waals surface area contributed by atoms with Gasteiger partial charge in [0.05, 0.1) is 0 Å². The quantitative estimate of drug-likeness (QED) is 0.709. The highest BCUT2D eigenvalue weighted by molar-refractivity contribution is 5.76. The molecule has 3 nitrogen and oxygen atoms in total. The van der Waals surface area contributed by atoms with Gasteiger partial charge in [-0.1, -0.05) is 87.5 Å². The zero-order valence-corrected chi connectivity index (χ0v) is 18.1. The van der Waals surface area contributed by atoms with Crippen molar-refractivity contribution in [2.45, 2.75) is 39.0 Å². The number of piperazine rings is 1. The third-order valence-electron chi connectivity index (χ3n) is 5.65. The maximum absolute atomic E-state index is 12.6. The molecule has 2 aromatic carbocycles. The first-order valence-corrected chi connectivity index (χ1v) is 10.7. The van der Waals surface area contributed by atoms with Gasteiger partial charge in [0.1, 0.15) is 0 Å². The number of hydrogen-bond donors (Lipinski definition) is 0. The highest BCUT2D eigenvalue weighted by Crippen LogP contribution is 2.22. The Balaban J connectivity index is 1.39. The minimum absolute atomic E-state index is 0.171. The fourth-order valence-corrected chi connectivity index (χ4v) is 3.66. The molecule has 0 unspecified atom stereocenters. The average molecular weight is 391 g/mol. The molecule has 1 heterocycles. The lowest BCUT2D eigenvalue weighted by atomic mass is 9.86. The predicted molar refractivity (Wildman–Crippen MR) is 122 cm³/mol. The summed E-state index contributed by atoms with van der Waals surface area (Å²) in [6, 6.07) is 19.1. The Hall–Kier alpha value is -2.39. The van der Waals surface area contributed by atoms with Crippen molar-refractivity contribution in [2.75, 3.05) is 32.7 Å². The molecule has 0 spiro atoms. The first-order chi connectivity index (χ1) is 13.9. The Morgan fingerprint density at radius 3 is 2.21 bits per heavy atom. The standard InChI is InChI=1S/C26H34N2O/c1-26(2,3)24-14-11-23(12-15-24)13-16-25(29)28-20-18-27(19-21-28)17-7-10-22-8-5-4-6-9-22/h4-12,14-15H,13,16-21H2,1-3H3/b10-7+. The molecule has 3 heteroatoms. The number of hydrogen-bond acceptors (Lipinski definition) is 2. The van der Waals surface area contributed by atoms with Gasteiger partial charge in [-0.3, -0.25) is 9.69 Å². The molecule has 154 valence electrons. The van der Waals surface area contributed by atoms with Gasteiger partial charge in [-0.05, 0) is 28.5 Å². The molecule has 29 heavy (non-hydrogen) atoms. The minimum Gasteiger partial charge on any atom is -0.340 e. The number of rotatable bonds is 6. The SMILES string of the molecule is CC(C)(C)c1ccc(CCC(=O)N2CCN(C/C=C/c3ccccc3)CC2)cc1. The third kappa shape index (κ3) is 6.57. The van der Waals surface area contributed by atoms with E-state index in [0.29, 0.717) is 6.42 Å². The van der Waals surface area contributed by atoms with E-state index in [-0.39, 0.29) is 11.3 Å². The van der Waals surface area contributed by atoms with E-state index in [1.807, 2.05) is 11.0 Å². The van der Waals surface area contributed by atoms with E-state index in [1.165, 1.54) is 16.7 Å². The van der Waals surface area contributed by atoms with Crippen LogP contribution in [0.5, 0.6) is 0 Å². The van der Waals surface area contributed by atoms with E-state index >= 15 is 0 Å². The second kappa shape index (κ2) is 9.89. The Kier molecular flexibility index (Phi) is 7.27. The fourth-order valence-electron chi connectivity index (χ4n) is 3.66. The Labute approximate surface area is 176 Å². The van der Waals surface area contributed by atoms with Crippen LogP contribution in [0.3, 0.4) is 0 Å². The third-order valence-corrected chi connectivity index (χ3v) is 5.65. The van der Waals surface area contributed by atoms with Crippen LogP contribution in [-0.2, 0) is 16.6 Å². The summed E-state index contributed by atoms with van der Waals surface area (Å²) < 4.78 is 0. The van der Waals surface area contributed by atoms with Crippen LogP contribution in [0.2, 0.25) is 0 Å². The van der Waals surface area contributed by atoms with E-state index in [9.17, 15) is 4.79 Å². The van der Waals surface area contributed by atoms with Crippen LogP contribution in [0.25, 0.3) is 6.08 Å². The highest BCUT2D eigenvalue weighted by Gasteiger charge is 2.20. The van der Waals surface area contributed by atoms with E-state index in [1.54, 1.807) is 0 Å². The van der Waals surface area contributed by atoms with Crippen LogP contribution in [0, 0.1) is 0 Å². The van der Waals surface area contributed by atoms with Gasteiger partial charge in [0.2, 0.25) is 5.91 Å². The molecular weight excluding hydrogens is 356 g/mol. The van der Waals surface area contributed by atoms with E-state index < -0.39 is 0 Å². The van der Waals surface area contributed by atoms with Crippen molar-refractivity contribution in [1.29, 1.82) is 0 Å². The molecule has 3 rings (SSSR count). The maximum Gasteiger partial charge on any atom is 0.222 e. The molecule has 1 aliphatic heterocycles. The molecule has 1 fully saturated rings. The smallest absolute Gasteiger partial charge is 0.222 e. The van der Waals surface area contributed by atoms with E-state index in [0.717, 1.165) is 39.1 Å². The summed E-state index contributed by atoms with van der Waals surface area (Å²) in [5.41, 5.74) is 3.99. The van der Waals surface area contributed by atoms with Gasteiger partial charge in [0, 0.05) is 39.1 Å². The first kappa shape index (κ1) is 21.3. The second-order valence-electron chi connectivity index (χ2n) is 8.94. The molecule has 0 N–H and O–H groups in total. The highest BCUT2D eigenvalue weighted by atomic mass is 16.2. The van der Waals surface area contributed by atoms with Crippen LogP contribution in [0.1, 0.15) is 43.9 Å². The lowest BCUT2D eigenvalue weighted by Crippen LogP contribution is -2.48. The molecule has 0 aliphatic carbocycles. The Bertz CT molecular complexity index is 795. The lowest BCUT2D eigenvalue weighted by molar-refractivity contribution is -0.132. The van der Waals surface area contributed by atoms with Gasteiger partial charge in [-0.25, -0.2) is 0 Å². The number of carbonyl (C=O) groups is 1. The van der Waals surface area contributed by atoms with Crippen molar-refractivity contribution in [3.8, 4) is 0 Å². The summed E-state index contributed by atoms with van der Waals surface area (Å²) in [7, 11) is 0. The number of aryl methyl sites for hydroxylation is 1. The van der Waals surface area contributed by atoms with Crippen LogP contribution in [-0.4, -0.2) is 48.4 Å². The fraction of sp³-hybridized carbons (Fsp3) is 0.423. The Morgan fingerprint density at radius 1 is 0.931 bits per heavy atom. The maximum atomic E-state index is 12.6. The topological polar surface area (TPSA) is 23.6 Å². The van der Waals surface area contributed by atoms with Crippen LogP contribution in [0.4, 0.5) is 0 Å². The lowest BCUT2D eigenvalue weighted by Gasteiger charge is -2.34. The summed E-state index contributed by atoms with van der Waals surface area (Å²) in [5.74, 6) is 0.282. The number of amides is 1. The molecular formula is C26H34N2O. The molecule has 0 aromatic heterocycles. The zero-order chi connectivity index (χ0) is 20.7. The van der Waals surface area contributed by atoms with Gasteiger partial charge in [-0.2, -0.15) is 0 Å². The summed E-state index contributed by atoms with van der Waals surface area (Å²) >= 11 is 0. The molecule has 1 saturated heterocycles. The summed E-state index contributed by atoms with van der Waals surface area (Å²) in [6.45, 7) is 11.2. The van der Waals surface area contributed by atoms with Gasteiger partial charge < -0.3 is 4.90 Å². The van der Waals surface area contributed by atoms with Gasteiger partial charge in [0.25, 0.3) is 0 Å². The van der Waals surface area contributed by atoms with Crippen LogP contribution < -0.4 is 0 Å². The van der Waals surface area contributed by atoms with Crippen molar-refractivity contribution < 1.29 is 4.79 Å². The van der Waals surface area contributed by atoms with Crippen molar-refractivity contribution in [1.82, 2.24) is 9.80 Å². The molecule has 1 amide bonds. The van der Waals surface area contributed by atoms with Crippen molar-refractivity contribution in [2.24, 2.45) is 0 Å². The molecule has 0 bridgehead atoms. The predicted octanol–water partition coefficient (Wildman–Crippen LogP) is 4.77. The number of carbonyl (C=O) groups excluding carboxylic acids is 1. The van der Waals surface area contributed by atoms with Gasteiger partial charge >= 0.3 is 0 Å². The molecule has 1 aliphatic rings. The minimum atomic E-state index is 0.171. The molecule has 0 atom stereocenters. The Morgan fingerprint density at radius 2 is 1.59 bits per heavy atom. The summed E-state index contributed by atoms with van der Waals surface area (Å²) in [6.07, 6.45) is 5.81. The summed E-state index contributed by atoms with van der Waals surface area (Å²) in [4.78, 5) is 17.0. The van der Waals surface area contributed by atoms with Gasteiger partial charge in [-0.15, -0.1) is 0 Å².